The van der Waals surface area contributed by atoms with Gasteiger partial charge in [-0.15, -0.1) is 0 Å². The van der Waals surface area contributed by atoms with Gasteiger partial charge in [0.15, 0.2) is 0 Å². The molecule has 0 radical (unpaired) electrons. The van der Waals surface area contributed by atoms with Crippen molar-refractivity contribution in [3.63, 3.8) is 0 Å². The number of aliphatic hydroxyl groups is 1. The van der Waals surface area contributed by atoms with Crippen molar-refractivity contribution >= 4 is 34.9 Å². The first kappa shape index (κ1) is 15.4. The molecular weight excluding hydrogens is 299 g/mol. The molecule has 2 amide bonds. The molecule has 1 unspecified atom stereocenters. The first-order valence-electron chi connectivity index (χ1n) is 6.54. The van der Waals surface area contributed by atoms with Crippen molar-refractivity contribution in [2.24, 2.45) is 5.92 Å². The van der Waals surface area contributed by atoms with Crippen molar-refractivity contribution in [1.29, 1.82) is 0 Å². The fraction of sp³-hybridized carbons (Fsp3) is 0.500. The van der Waals surface area contributed by atoms with E-state index in [1.807, 2.05) is 6.92 Å². The minimum absolute atomic E-state index is 0.291. The number of benzene rings is 1. The van der Waals surface area contributed by atoms with Gasteiger partial charge in [0, 0.05) is 29.3 Å². The predicted molar refractivity (Wildman–Crippen MR) is 81.6 cm³/mol. The summed E-state index contributed by atoms with van der Waals surface area (Å²) in [6, 6.07) is 3.03. The van der Waals surface area contributed by atoms with E-state index in [1.54, 1.807) is 19.2 Å². The van der Waals surface area contributed by atoms with E-state index >= 15 is 0 Å². The van der Waals surface area contributed by atoms with Crippen LogP contribution in [0.3, 0.4) is 0 Å². The number of aliphatic hydroxyl groups excluding tert-OH is 1. The van der Waals surface area contributed by atoms with Gasteiger partial charge in [0.1, 0.15) is 0 Å². The van der Waals surface area contributed by atoms with Crippen LogP contribution in [0.15, 0.2) is 12.1 Å². The number of carbonyl (C=O) groups excluding carboxylic acids is 1. The molecule has 6 heteroatoms. The molecule has 20 heavy (non-hydrogen) atoms. The van der Waals surface area contributed by atoms with Crippen LogP contribution in [0.5, 0.6) is 0 Å². The zero-order valence-electron chi connectivity index (χ0n) is 11.5. The van der Waals surface area contributed by atoms with Crippen LogP contribution in [0.4, 0.5) is 10.5 Å². The van der Waals surface area contributed by atoms with Gasteiger partial charge in [-0.3, -0.25) is 0 Å². The number of nitrogens with zero attached hydrogens (tertiary/aromatic N) is 1. The van der Waals surface area contributed by atoms with Gasteiger partial charge in [-0.2, -0.15) is 0 Å². The van der Waals surface area contributed by atoms with Crippen LogP contribution in [-0.4, -0.2) is 35.7 Å². The maximum absolute atomic E-state index is 12.0. The van der Waals surface area contributed by atoms with Crippen LogP contribution < -0.4 is 5.32 Å². The number of urea groups is 1. The van der Waals surface area contributed by atoms with Crippen LogP contribution in [0, 0.1) is 12.8 Å². The Morgan fingerprint density at radius 1 is 1.45 bits per heavy atom. The molecule has 1 aromatic rings. The topological polar surface area (TPSA) is 52.6 Å². The second-order valence-corrected chi connectivity index (χ2v) is 6.09. The van der Waals surface area contributed by atoms with Gasteiger partial charge >= 0.3 is 6.03 Å². The van der Waals surface area contributed by atoms with E-state index < -0.39 is 6.10 Å². The van der Waals surface area contributed by atoms with E-state index in [4.69, 9.17) is 23.2 Å². The van der Waals surface area contributed by atoms with E-state index in [1.165, 1.54) is 4.90 Å². The molecule has 1 atom stereocenters. The molecule has 1 aliphatic carbocycles. The van der Waals surface area contributed by atoms with Gasteiger partial charge < -0.3 is 15.3 Å². The lowest BCUT2D eigenvalue weighted by atomic mass is 10.2. The Morgan fingerprint density at radius 3 is 2.50 bits per heavy atom. The third-order valence-electron chi connectivity index (χ3n) is 3.51. The van der Waals surface area contributed by atoms with Crippen LogP contribution >= 0.6 is 23.2 Å². The van der Waals surface area contributed by atoms with Crippen LogP contribution in [0.2, 0.25) is 10.0 Å². The monoisotopic (exact) mass is 316 g/mol. The minimum Gasteiger partial charge on any atom is -0.391 e. The maximum atomic E-state index is 12.0. The third kappa shape index (κ3) is 3.78. The summed E-state index contributed by atoms with van der Waals surface area (Å²) in [7, 11) is 1.65. The van der Waals surface area contributed by atoms with Gasteiger partial charge in [0.2, 0.25) is 0 Å². The molecule has 1 saturated carbocycles. The molecule has 1 fully saturated rings. The number of hydrogen-bond donors (Lipinski definition) is 2. The molecule has 0 aromatic heterocycles. The normalized spacial score (nSPS) is 15.8. The third-order valence-corrected chi connectivity index (χ3v) is 4.29. The summed E-state index contributed by atoms with van der Waals surface area (Å²) < 4.78 is 0. The average molecular weight is 317 g/mol. The maximum Gasteiger partial charge on any atom is 0.321 e. The minimum atomic E-state index is -0.448. The zero-order valence-corrected chi connectivity index (χ0v) is 13.0. The molecule has 1 aliphatic rings. The molecule has 1 aromatic carbocycles. The van der Waals surface area contributed by atoms with Crippen LogP contribution in [0.25, 0.3) is 0 Å². The standard InChI is InChI=1S/C14H18Cl2N2O2/c1-8-11(15)5-10(6-12(8)16)17-14(20)18(2)7-13(19)9-3-4-9/h5-6,9,13,19H,3-4,7H2,1-2H3,(H,17,20). The summed E-state index contributed by atoms with van der Waals surface area (Å²) >= 11 is 12.1. The number of likely N-dealkylation sites (N-methyl/N-ethyl adjacent to an activating group) is 1. The Bertz CT molecular complexity index is 495. The SMILES string of the molecule is Cc1c(Cl)cc(NC(=O)N(C)CC(O)C2CC2)cc1Cl. The van der Waals surface area contributed by atoms with Crippen molar-refractivity contribution in [2.75, 3.05) is 18.9 Å². The van der Waals surface area contributed by atoms with Crippen molar-refractivity contribution in [3.8, 4) is 0 Å². The highest BCUT2D eigenvalue weighted by Crippen LogP contribution is 2.33. The Labute approximate surface area is 128 Å². The molecule has 0 saturated heterocycles. The Kier molecular flexibility index (Phi) is 4.78. The first-order chi connectivity index (χ1) is 9.38. The molecular formula is C14H18Cl2N2O2. The number of rotatable bonds is 4. The van der Waals surface area contributed by atoms with Gasteiger partial charge in [-0.25, -0.2) is 4.79 Å². The summed E-state index contributed by atoms with van der Waals surface area (Å²) in [4.78, 5) is 13.5. The molecule has 4 nitrogen and oxygen atoms in total. The van der Waals surface area contributed by atoms with Gasteiger partial charge in [0.25, 0.3) is 0 Å². The highest BCUT2D eigenvalue weighted by Gasteiger charge is 2.31. The number of carbonyl (C=O) groups is 1. The molecule has 0 aliphatic heterocycles. The van der Waals surface area contributed by atoms with Gasteiger partial charge in [-0.05, 0) is 43.4 Å². The molecule has 2 rings (SSSR count). The second-order valence-electron chi connectivity index (χ2n) is 5.28. The van der Waals surface area contributed by atoms with Gasteiger partial charge in [-0.1, -0.05) is 23.2 Å². The van der Waals surface area contributed by atoms with E-state index in [0.29, 0.717) is 28.2 Å². The summed E-state index contributed by atoms with van der Waals surface area (Å²) in [6.07, 6.45) is 1.63. The largest absolute Gasteiger partial charge is 0.391 e. The lowest BCUT2D eigenvalue weighted by molar-refractivity contribution is 0.117. The van der Waals surface area contributed by atoms with E-state index in [0.717, 1.165) is 18.4 Å². The first-order valence-corrected chi connectivity index (χ1v) is 7.30. The number of hydrogen-bond acceptors (Lipinski definition) is 2. The fourth-order valence-corrected chi connectivity index (χ4v) is 2.42. The summed E-state index contributed by atoms with van der Waals surface area (Å²) in [5.74, 6) is 0.341. The Balaban J connectivity index is 1.96. The van der Waals surface area contributed by atoms with Crippen molar-refractivity contribution in [3.05, 3.63) is 27.7 Å². The van der Waals surface area contributed by atoms with Crippen LogP contribution in [-0.2, 0) is 0 Å². The molecule has 0 heterocycles. The Hall–Kier alpha value is -0.970. The van der Waals surface area contributed by atoms with Crippen molar-refractivity contribution < 1.29 is 9.90 Å². The lowest BCUT2D eigenvalue weighted by Crippen LogP contribution is -2.38. The lowest BCUT2D eigenvalue weighted by Gasteiger charge is -2.21. The number of amides is 2. The number of nitrogens with one attached hydrogen (secondary N) is 1. The molecule has 0 spiro atoms. The quantitative estimate of drug-likeness (QED) is 0.892. The summed E-state index contributed by atoms with van der Waals surface area (Å²) in [5, 5.41) is 13.6. The second kappa shape index (κ2) is 6.20. The van der Waals surface area contributed by atoms with E-state index in [9.17, 15) is 9.90 Å². The zero-order chi connectivity index (χ0) is 14.9. The number of halogens is 2. The van der Waals surface area contributed by atoms with Crippen molar-refractivity contribution in [1.82, 2.24) is 4.90 Å². The predicted octanol–water partition coefficient (Wildman–Crippen LogP) is 3.54. The molecule has 0 bridgehead atoms. The summed E-state index contributed by atoms with van der Waals surface area (Å²) in [6.45, 7) is 2.14. The highest BCUT2D eigenvalue weighted by molar-refractivity contribution is 6.36. The highest BCUT2D eigenvalue weighted by atomic mass is 35.5. The Morgan fingerprint density at radius 2 is 2.00 bits per heavy atom. The molecule has 110 valence electrons. The van der Waals surface area contributed by atoms with E-state index in [2.05, 4.69) is 5.32 Å². The van der Waals surface area contributed by atoms with Gasteiger partial charge in [0.05, 0.1) is 6.10 Å². The number of anilines is 1. The van der Waals surface area contributed by atoms with Crippen LogP contribution in [0.1, 0.15) is 18.4 Å². The smallest absolute Gasteiger partial charge is 0.321 e. The molecule has 2 N–H and O–H groups in total. The average Bonchev–Trinajstić information content (AvgIpc) is 3.19. The fourth-order valence-electron chi connectivity index (χ4n) is 1.93. The van der Waals surface area contributed by atoms with Crippen molar-refractivity contribution in [2.45, 2.75) is 25.9 Å². The summed E-state index contributed by atoms with van der Waals surface area (Å²) in [5.41, 5.74) is 1.33. The van der Waals surface area contributed by atoms with E-state index in [-0.39, 0.29) is 6.03 Å².